The zero-order valence-electron chi connectivity index (χ0n) is 23.8. The number of hydrogen-bond donors (Lipinski definition) is 1. The summed E-state index contributed by atoms with van der Waals surface area (Å²) in [6.45, 7) is 18.8. The lowest BCUT2D eigenvalue weighted by molar-refractivity contribution is -0.148. The van der Waals surface area contributed by atoms with Gasteiger partial charge < -0.3 is 14.6 Å². The fourth-order valence-corrected chi connectivity index (χ4v) is 9.29. The summed E-state index contributed by atoms with van der Waals surface area (Å²) in [5, 5.41) is 10.5. The number of hydrogen-bond acceptors (Lipinski definition) is 3. The largest absolute Gasteiger partial charge is 0.460 e. The van der Waals surface area contributed by atoms with Crippen LogP contribution in [0.2, 0.25) is 0 Å². The fraction of sp³-hybridized carbons (Fsp3) is 0.875. The Bertz CT molecular complexity index is 878. The predicted octanol–water partition coefficient (Wildman–Crippen LogP) is 8.03. The lowest BCUT2D eigenvalue weighted by Gasteiger charge is -2.61. The first-order valence-electron chi connectivity index (χ1n) is 14.8. The van der Waals surface area contributed by atoms with Gasteiger partial charge >= 0.3 is 0 Å². The van der Waals surface area contributed by atoms with Crippen molar-refractivity contribution >= 4 is 0 Å². The van der Waals surface area contributed by atoms with Crippen LogP contribution in [0.4, 0.5) is 0 Å². The lowest BCUT2D eigenvalue weighted by Crippen LogP contribution is -2.57. The summed E-state index contributed by atoms with van der Waals surface area (Å²) in [5.41, 5.74) is 3.25. The third-order valence-corrected chi connectivity index (χ3v) is 11.0. The third kappa shape index (κ3) is 4.30. The van der Waals surface area contributed by atoms with Crippen LogP contribution in [0.1, 0.15) is 113 Å². The summed E-state index contributed by atoms with van der Waals surface area (Å²) in [6.07, 6.45) is 13.0. The number of ether oxygens (including phenoxy) is 2. The van der Waals surface area contributed by atoms with Gasteiger partial charge in [-0.2, -0.15) is 0 Å². The second-order valence-electron chi connectivity index (χ2n) is 14.9. The highest BCUT2D eigenvalue weighted by atomic mass is 16.7. The molecule has 0 amide bonds. The van der Waals surface area contributed by atoms with Crippen molar-refractivity contribution < 1.29 is 14.6 Å². The SMILES string of the molecule is CC(C)CCCC(C)C1CC2=C(OC(C)(C)C)OC3C=C4CC(O)CCC4(C)C4CCC1(C)C2C34. The molecule has 0 saturated heterocycles. The molecule has 5 aliphatic rings. The normalized spacial score (nSPS) is 43.3. The molecule has 0 spiro atoms. The van der Waals surface area contributed by atoms with E-state index < -0.39 is 0 Å². The van der Waals surface area contributed by atoms with Crippen LogP contribution in [-0.2, 0) is 9.47 Å². The molecular weight excluding hydrogens is 432 g/mol. The molecule has 3 saturated carbocycles. The Morgan fingerprint density at radius 2 is 1.83 bits per heavy atom. The van der Waals surface area contributed by atoms with Gasteiger partial charge in [-0.3, -0.25) is 0 Å². The van der Waals surface area contributed by atoms with Gasteiger partial charge in [0.25, 0.3) is 5.95 Å². The van der Waals surface area contributed by atoms with Crippen molar-refractivity contribution in [2.45, 2.75) is 131 Å². The van der Waals surface area contributed by atoms with Gasteiger partial charge in [0.1, 0.15) is 11.7 Å². The van der Waals surface area contributed by atoms with Crippen LogP contribution in [0, 0.1) is 46.3 Å². The molecule has 9 atom stereocenters. The third-order valence-electron chi connectivity index (χ3n) is 11.0. The quantitative estimate of drug-likeness (QED) is 0.388. The van der Waals surface area contributed by atoms with Crippen LogP contribution in [0.25, 0.3) is 0 Å². The molecule has 3 nitrogen and oxygen atoms in total. The molecule has 3 fully saturated rings. The lowest BCUT2D eigenvalue weighted by atomic mass is 9.45. The van der Waals surface area contributed by atoms with Crippen molar-refractivity contribution in [1.82, 2.24) is 0 Å². The van der Waals surface area contributed by atoms with E-state index in [9.17, 15) is 5.11 Å². The van der Waals surface area contributed by atoms with Gasteiger partial charge in [0.15, 0.2) is 0 Å². The minimum Gasteiger partial charge on any atom is -0.460 e. The van der Waals surface area contributed by atoms with Gasteiger partial charge in [-0.05, 0) is 106 Å². The van der Waals surface area contributed by atoms with Crippen LogP contribution in [-0.4, -0.2) is 22.9 Å². The second kappa shape index (κ2) is 8.81. The molecule has 0 aromatic heterocycles. The Labute approximate surface area is 215 Å². The Kier molecular flexibility index (Phi) is 6.47. The summed E-state index contributed by atoms with van der Waals surface area (Å²) >= 11 is 0. The van der Waals surface area contributed by atoms with Crippen LogP contribution in [0.15, 0.2) is 23.2 Å². The van der Waals surface area contributed by atoms with E-state index in [0.717, 1.165) is 43.5 Å². The molecule has 198 valence electrons. The second-order valence-corrected chi connectivity index (χ2v) is 14.9. The van der Waals surface area contributed by atoms with Crippen molar-refractivity contribution in [3.8, 4) is 0 Å². The van der Waals surface area contributed by atoms with E-state index in [1.807, 2.05) is 0 Å². The first kappa shape index (κ1) is 25.7. The van der Waals surface area contributed by atoms with E-state index in [2.05, 4.69) is 61.5 Å². The zero-order valence-corrected chi connectivity index (χ0v) is 23.8. The van der Waals surface area contributed by atoms with Crippen LogP contribution in [0.5, 0.6) is 0 Å². The Morgan fingerprint density at radius 1 is 1.09 bits per heavy atom. The monoisotopic (exact) mass is 484 g/mol. The molecule has 1 heterocycles. The van der Waals surface area contributed by atoms with Gasteiger partial charge in [0.05, 0.1) is 6.10 Å². The summed E-state index contributed by atoms with van der Waals surface area (Å²) in [6, 6.07) is 0. The van der Waals surface area contributed by atoms with Crippen molar-refractivity contribution in [2.24, 2.45) is 46.3 Å². The number of aliphatic hydroxyl groups excluding tert-OH is 1. The predicted molar refractivity (Wildman–Crippen MR) is 143 cm³/mol. The molecule has 1 N–H and O–H groups in total. The summed E-state index contributed by atoms with van der Waals surface area (Å²) < 4.78 is 13.4. The molecule has 4 aliphatic carbocycles. The van der Waals surface area contributed by atoms with Crippen molar-refractivity contribution in [1.29, 1.82) is 0 Å². The van der Waals surface area contributed by atoms with Crippen molar-refractivity contribution in [2.75, 3.05) is 0 Å². The van der Waals surface area contributed by atoms with E-state index in [1.54, 1.807) is 0 Å². The van der Waals surface area contributed by atoms with E-state index >= 15 is 0 Å². The molecule has 9 unspecified atom stereocenters. The maximum Gasteiger partial charge on any atom is 0.279 e. The first-order chi connectivity index (χ1) is 16.3. The topological polar surface area (TPSA) is 38.7 Å². The maximum absolute atomic E-state index is 10.5. The average molecular weight is 485 g/mol. The minimum absolute atomic E-state index is 0.0918. The number of allylic oxidation sites excluding steroid dienone is 1. The Morgan fingerprint density at radius 3 is 2.51 bits per heavy atom. The number of aliphatic hydroxyl groups is 1. The smallest absolute Gasteiger partial charge is 0.279 e. The zero-order chi connectivity index (χ0) is 25.3. The van der Waals surface area contributed by atoms with E-state index in [0.29, 0.717) is 29.1 Å². The molecule has 5 rings (SSSR count). The highest BCUT2D eigenvalue weighted by Crippen LogP contribution is 2.70. The Hall–Kier alpha value is -0.960. The molecule has 0 radical (unpaired) electrons. The first-order valence-corrected chi connectivity index (χ1v) is 14.8. The molecule has 3 heteroatoms. The van der Waals surface area contributed by atoms with Gasteiger partial charge in [0, 0.05) is 11.5 Å². The summed E-state index contributed by atoms with van der Waals surface area (Å²) in [4.78, 5) is 0. The molecular formula is C32H52O3. The van der Waals surface area contributed by atoms with E-state index in [4.69, 9.17) is 9.47 Å². The number of rotatable bonds is 6. The number of fused-ring (bicyclic) bond motifs is 2. The molecule has 0 aromatic carbocycles. The van der Waals surface area contributed by atoms with Gasteiger partial charge in [0.2, 0.25) is 0 Å². The molecule has 0 aromatic rings. The van der Waals surface area contributed by atoms with Crippen LogP contribution < -0.4 is 0 Å². The highest BCUT2D eigenvalue weighted by Gasteiger charge is 2.65. The maximum atomic E-state index is 10.5. The minimum atomic E-state index is -0.266. The summed E-state index contributed by atoms with van der Waals surface area (Å²) in [5.74, 6) is 4.86. The van der Waals surface area contributed by atoms with Gasteiger partial charge in [-0.25, -0.2) is 0 Å². The van der Waals surface area contributed by atoms with Crippen LogP contribution >= 0.6 is 0 Å². The highest BCUT2D eigenvalue weighted by molar-refractivity contribution is 5.35. The van der Waals surface area contributed by atoms with E-state index in [-0.39, 0.29) is 23.2 Å². The average Bonchev–Trinajstić information content (AvgIpc) is 3.06. The molecule has 35 heavy (non-hydrogen) atoms. The van der Waals surface area contributed by atoms with E-state index in [1.165, 1.54) is 43.3 Å². The van der Waals surface area contributed by atoms with Gasteiger partial charge in [-0.15, -0.1) is 0 Å². The molecule has 1 aliphatic heterocycles. The Balaban J connectivity index is 1.53. The fourth-order valence-electron chi connectivity index (χ4n) is 9.29. The van der Waals surface area contributed by atoms with Crippen molar-refractivity contribution in [3.05, 3.63) is 23.2 Å². The molecule has 0 bridgehead atoms. The summed E-state index contributed by atoms with van der Waals surface area (Å²) in [7, 11) is 0. The standard InChI is InChI=1S/C32H52O3/c1-19(2)10-9-11-20(3)25-18-23-28-27-24(13-15-32(25,28)8)31(7)14-12-22(33)16-21(31)17-26(27)34-29(23)35-30(4,5)6/h17,19-20,22,24-28,33H,9-16,18H2,1-8H3. The van der Waals surface area contributed by atoms with Crippen molar-refractivity contribution in [3.63, 3.8) is 0 Å². The van der Waals surface area contributed by atoms with Crippen LogP contribution in [0.3, 0.4) is 0 Å². The van der Waals surface area contributed by atoms with Gasteiger partial charge in [-0.1, -0.05) is 59.5 Å².